The summed E-state index contributed by atoms with van der Waals surface area (Å²) in [7, 11) is 0. The second-order valence-electron chi connectivity index (χ2n) is 4.62. The van der Waals surface area contributed by atoms with E-state index in [2.05, 4.69) is 62.2 Å². The van der Waals surface area contributed by atoms with Crippen molar-refractivity contribution in [1.29, 1.82) is 0 Å². The van der Waals surface area contributed by atoms with Gasteiger partial charge in [-0.3, -0.25) is 0 Å². The van der Waals surface area contributed by atoms with Gasteiger partial charge in [-0.2, -0.15) is 0 Å². The summed E-state index contributed by atoms with van der Waals surface area (Å²) >= 11 is 0. The van der Waals surface area contributed by atoms with Crippen LogP contribution in [-0.2, 0) is 0 Å². The lowest BCUT2D eigenvalue weighted by Crippen LogP contribution is -2.35. The fourth-order valence-electron chi connectivity index (χ4n) is 2.20. The Hall–Kier alpha value is -1.02. The lowest BCUT2D eigenvalue weighted by atomic mass is 10.1. The van der Waals surface area contributed by atoms with Crippen molar-refractivity contribution >= 4 is 5.69 Å². The Bertz CT molecular complexity index is 322. The summed E-state index contributed by atoms with van der Waals surface area (Å²) < 4.78 is 0. The summed E-state index contributed by atoms with van der Waals surface area (Å²) in [4.78, 5) is 2.48. The Kier molecular flexibility index (Phi) is 6.06. The molecular weight excluding hydrogens is 208 g/mol. The van der Waals surface area contributed by atoms with Crippen LogP contribution in [0.4, 0.5) is 5.69 Å². The first-order valence-electron chi connectivity index (χ1n) is 6.73. The first-order valence-corrected chi connectivity index (χ1v) is 6.73. The van der Waals surface area contributed by atoms with Crippen LogP contribution in [0.1, 0.15) is 32.8 Å². The van der Waals surface area contributed by atoms with Gasteiger partial charge >= 0.3 is 0 Å². The van der Waals surface area contributed by atoms with E-state index in [9.17, 15) is 0 Å². The molecule has 0 aliphatic heterocycles. The fraction of sp³-hybridized carbons (Fsp3) is 0.600. The molecule has 1 atom stereocenters. The quantitative estimate of drug-likeness (QED) is 0.729. The van der Waals surface area contributed by atoms with Crippen molar-refractivity contribution in [3.8, 4) is 0 Å². The minimum atomic E-state index is 0.584. The van der Waals surface area contributed by atoms with Crippen LogP contribution >= 0.6 is 0 Å². The van der Waals surface area contributed by atoms with Crippen molar-refractivity contribution in [3.63, 3.8) is 0 Å². The molecule has 1 unspecified atom stereocenters. The summed E-state index contributed by atoms with van der Waals surface area (Å²) in [6.45, 7) is 12.1. The molecule has 1 aromatic rings. The Morgan fingerprint density at radius 1 is 1.29 bits per heavy atom. The fourth-order valence-corrected chi connectivity index (χ4v) is 2.20. The van der Waals surface area contributed by atoms with Crippen molar-refractivity contribution in [2.24, 2.45) is 0 Å². The lowest BCUT2D eigenvalue weighted by Gasteiger charge is -2.30. The van der Waals surface area contributed by atoms with Crippen LogP contribution in [0.2, 0.25) is 0 Å². The van der Waals surface area contributed by atoms with E-state index in [1.165, 1.54) is 17.7 Å². The zero-order valence-electron chi connectivity index (χ0n) is 11.7. The molecule has 1 rings (SSSR count). The smallest absolute Gasteiger partial charge is 0.0371 e. The Morgan fingerprint density at radius 2 is 2.06 bits per heavy atom. The largest absolute Gasteiger partial charge is 0.369 e. The third-order valence-corrected chi connectivity index (χ3v) is 3.19. The van der Waals surface area contributed by atoms with Crippen LogP contribution in [0.25, 0.3) is 0 Å². The number of anilines is 1. The zero-order chi connectivity index (χ0) is 12.7. The van der Waals surface area contributed by atoms with E-state index in [1.807, 2.05) is 0 Å². The van der Waals surface area contributed by atoms with Gasteiger partial charge in [-0.15, -0.1) is 0 Å². The maximum atomic E-state index is 3.39. The monoisotopic (exact) mass is 234 g/mol. The highest BCUT2D eigenvalue weighted by Crippen LogP contribution is 2.19. The maximum Gasteiger partial charge on any atom is 0.0371 e. The molecule has 2 heteroatoms. The van der Waals surface area contributed by atoms with Gasteiger partial charge in [0.05, 0.1) is 0 Å². The van der Waals surface area contributed by atoms with Crippen LogP contribution in [0.15, 0.2) is 24.3 Å². The van der Waals surface area contributed by atoms with Gasteiger partial charge in [0, 0.05) is 18.3 Å². The zero-order valence-corrected chi connectivity index (χ0v) is 11.7. The number of benzene rings is 1. The summed E-state index contributed by atoms with van der Waals surface area (Å²) in [5.74, 6) is 0. The van der Waals surface area contributed by atoms with Crippen LogP contribution in [0, 0.1) is 6.92 Å². The second-order valence-corrected chi connectivity index (χ2v) is 4.62. The van der Waals surface area contributed by atoms with Crippen LogP contribution in [0.3, 0.4) is 0 Å². The van der Waals surface area contributed by atoms with E-state index in [0.717, 1.165) is 19.6 Å². The topological polar surface area (TPSA) is 15.3 Å². The first kappa shape index (κ1) is 14.0. The summed E-state index contributed by atoms with van der Waals surface area (Å²) in [6.07, 6.45) is 1.19. The highest BCUT2D eigenvalue weighted by Gasteiger charge is 2.12. The van der Waals surface area contributed by atoms with Gasteiger partial charge in [0.1, 0.15) is 0 Å². The molecule has 1 N–H and O–H groups in total. The van der Waals surface area contributed by atoms with E-state index in [4.69, 9.17) is 0 Å². The van der Waals surface area contributed by atoms with Crippen molar-refractivity contribution in [2.75, 3.05) is 24.5 Å². The molecule has 0 aliphatic rings. The molecule has 0 saturated carbocycles. The molecule has 0 amide bonds. The Morgan fingerprint density at radius 3 is 2.65 bits per heavy atom. The lowest BCUT2D eigenvalue weighted by molar-refractivity contribution is 0.563. The summed E-state index contributed by atoms with van der Waals surface area (Å²) in [5.41, 5.74) is 2.68. The number of rotatable bonds is 7. The third kappa shape index (κ3) is 4.39. The highest BCUT2D eigenvalue weighted by atomic mass is 15.2. The normalized spacial score (nSPS) is 12.5. The average Bonchev–Trinajstić information content (AvgIpc) is 2.30. The molecule has 0 heterocycles. The second kappa shape index (κ2) is 7.33. The van der Waals surface area contributed by atoms with Crippen LogP contribution < -0.4 is 10.2 Å². The van der Waals surface area contributed by atoms with E-state index >= 15 is 0 Å². The molecule has 0 aliphatic carbocycles. The van der Waals surface area contributed by atoms with E-state index < -0.39 is 0 Å². The SMILES string of the molecule is CCNCCC(C)N(CC)c1cccc(C)c1. The van der Waals surface area contributed by atoms with Gasteiger partial charge in [-0.25, -0.2) is 0 Å². The molecule has 0 fully saturated rings. The third-order valence-electron chi connectivity index (χ3n) is 3.19. The van der Waals surface area contributed by atoms with E-state index in [0.29, 0.717) is 6.04 Å². The molecule has 0 radical (unpaired) electrons. The van der Waals surface area contributed by atoms with E-state index in [-0.39, 0.29) is 0 Å². The van der Waals surface area contributed by atoms with Gasteiger partial charge < -0.3 is 10.2 Å². The van der Waals surface area contributed by atoms with Crippen molar-refractivity contribution in [1.82, 2.24) is 5.32 Å². The number of aryl methyl sites for hydroxylation is 1. The Balaban J connectivity index is 2.63. The van der Waals surface area contributed by atoms with Gasteiger partial charge in [-0.05, 0) is 58.0 Å². The van der Waals surface area contributed by atoms with Crippen molar-refractivity contribution in [2.45, 2.75) is 40.2 Å². The van der Waals surface area contributed by atoms with Gasteiger partial charge in [0.25, 0.3) is 0 Å². The molecule has 0 spiro atoms. The predicted molar refractivity (Wildman–Crippen MR) is 76.8 cm³/mol. The summed E-state index contributed by atoms with van der Waals surface area (Å²) in [6, 6.07) is 9.36. The Labute approximate surface area is 106 Å². The maximum absolute atomic E-state index is 3.39. The molecule has 0 bridgehead atoms. The minimum Gasteiger partial charge on any atom is -0.369 e. The van der Waals surface area contributed by atoms with E-state index in [1.54, 1.807) is 0 Å². The number of hydrogen-bond acceptors (Lipinski definition) is 2. The standard InChI is InChI=1S/C15H26N2/c1-5-16-11-10-14(4)17(6-2)15-9-7-8-13(3)12-15/h7-9,12,14,16H,5-6,10-11H2,1-4H3. The first-order chi connectivity index (χ1) is 8.19. The van der Waals surface area contributed by atoms with Crippen molar-refractivity contribution < 1.29 is 0 Å². The average molecular weight is 234 g/mol. The minimum absolute atomic E-state index is 0.584. The van der Waals surface area contributed by atoms with Gasteiger partial charge in [0.2, 0.25) is 0 Å². The highest BCUT2D eigenvalue weighted by molar-refractivity contribution is 5.49. The number of hydrogen-bond donors (Lipinski definition) is 1. The molecule has 96 valence electrons. The molecular formula is C15H26N2. The molecule has 2 nitrogen and oxygen atoms in total. The van der Waals surface area contributed by atoms with Crippen LogP contribution in [0.5, 0.6) is 0 Å². The summed E-state index contributed by atoms with van der Waals surface area (Å²) in [5, 5.41) is 3.39. The van der Waals surface area contributed by atoms with Gasteiger partial charge in [0.15, 0.2) is 0 Å². The van der Waals surface area contributed by atoms with Crippen molar-refractivity contribution in [3.05, 3.63) is 29.8 Å². The number of nitrogens with one attached hydrogen (secondary N) is 1. The molecule has 0 saturated heterocycles. The molecule has 1 aromatic carbocycles. The molecule has 0 aromatic heterocycles. The van der Waals surface area contributed by atoms with Crippen LogP contribution in [-0.4, -0.2) is 25.7 Å². The predicted octanol–water partition coefficient (Wildman–Crippen LogP) is 3.21. The number of nitrogens with zero attached hydrogens (tertiary/aromatic N) is 1. The molecule has 17 heavy (non-hydrogen) atoms. The van der Waals surface area contributed by atoms with Gasteiger partial charge in [-0.1, -0.05) is 19.1 Å².